The first-order valence-electron chi connectivity index (χ1n) is 9.47. The Morgan fingerprint density at radius 1 is 1.19 bits per heavy atom. The molecule has 1 aliphatic rings. The number of aromatic nitrogens is 1. The van der Waals surface area contributed by atoms with Gasteiger partial charge in [-0.2, -0.15) is 0 Å². The fourth-order valence-electron chi connectivity index (χ4n) is 3.79. The minimum absolute atomic E-state index is 0.352. The van der Waals surface area contributed by atoms with Crippen molar-refractivity contribution < 1.29 is 5.11 Å². The van der Waals surface area contributed by atoms with Gasteiger partial charge in [0.1, 0.15) is 5.75 Å². The van der Waals surface area contributed by atoms with E-state index in [1.54, 1.807) is 12.3 Å². The standard InChI is InChI=1S/C22H24ClN3O/c1-15-4-2-3-11-26(15)14-16-12-18(6-8-22(16)27)25-20-9-10-24-21-13-17(23)5-7-19(20)21/h5-10,12-13,15,27H,2-4,11,14H2,1H3,(H,24,25). The average Bonchev–Trinajstić information content (AvgIpc) is 2.66. The Morgan fingerprint density at radius 2 is 2.07 bits per heavy atom. The van der Waals surface area contributed by atoms with Crippen molar-refractivity contribution in [2.24, 2.45) is 0 Å². The summed E-state index contributed by atoms with van der Waals surface area (Å²) in [4.78, 5) is 6.84. The van der Waals surface area contributed by atoms with Crippen LogP contribution in [0.3, 0.4) is 0 Å². The molecule has 4 rings (SSSR count). The molecular formula is C22H24ClN3O. The highest BCUT2D eigenvalue weighted by Gasteiger charge is 2.19. The van der Waals surface area contributed by atoms with Gasteiger partial charge in [0, 0.05) is 46.1 Å². The van der Waals surface area contributed by atoms with Crippen LogP contribution in [-0.2, 0) is 6.54 Å². The summed E-state index contributed by atoms with van der Waals surface area (Å²) in [6.45, 7) is 4.13. The zero-order chi connectivity index (χ0) is 18.8. The molecule has 140 valence electrons. The number of anilines is 2. The SMILES string of the molecule is CC1CCCCN1Cc1cc(Nc2ccnc3cc(Cl)ccc23)ccc1O. The lowest BCUT2D eigenvalue weighted by Gasteiger charge is -2.33. The first-order valence-corrected chi connectivity index (χ1v) is 9.85. The van der Waals surface area contributed by atoms with Gasteiger partial charge in [0.05, 0.1) is 5.52 Å². The Labute approximate surface area is 164 Å². The maximum atomic E-state index is 10.3. The van der Waals surface area contributed by atoms with Gasteiger partial charge in [0.15, 0.2) is 0 Å². The molecule has 0 amide bonds. The van der Waals surface area contributed by atoms with Crippen LogP contribution < -0.4 is 5.32 Å². The molecule has 2 aromatic carbocycles. The second-order valence-corrected chi connectivity index (χ2v) is 7.74. The second kappa shape index (κ2) is 7.75. The number of phenols is 1. The summed E-state index contributed by atoms with van der Waals surface area (Å²) in [7, 11) is 0. The minimum atomic E-state index is 0.352. The number of fused-ring (bicyclic) bond motifs is 1. The minimum Gasteiger partial charge on any atom is -0.508 e. The summed E-state index contributed by atoms with van der Waals surface area (Å²) < 4.78 is 0. The van der Waals surface area contributed by atoms with Gasteiger partial charge < -0.3 is 10.4 Å². The van der Waals surface area contributed by atoms with Crippen LogP contribution in [0.5, 0.6) is 5.75 Å². The Bertz CT molecular complexity index is 959. The molecule has 0 spiro atoms. The molecule has 4 nitrogen and oxygen atoms in total. The molecule has 0 radical (unpaired) electrons. The summed E-state index contributed by atoms with van der Waals surface area (Å²) in [5.41, 5.74) is 3.73. The van der Waals surface area contributed by atoms with Gasteiger partial charge in [-0.25, -0.2) is 0 Å². The highest BCUT2D eigenvalue weighted by atomic mass is 35.5. The molecule has 0 aliphatic carbocycles. The Kier molecular flexibility index (Phi) is 5.19. The van der Waals surface area contributed by atoms with E-state index in [-0.39, 0.29) is 0 Å². The molecule has 2 N–H and O–H groups in total. The van der Waals surface area contributed by atoms with E-state index < -0.39 is 0 Å². The second-order valence-electron chi connectivity index (χ2n) is 7.30. The van der Waals surface area contributed by atoms with Crippen LogP contribution in [0.1, 0.15) is 31.7 Å². The quantitative estimate of drug-likeness (QED) is 0.568. The molecule has 0 bridgehead atoms. The van der Waals surface area contributed by atoms with E-state index in [9.17, 15) is 5.11 Å². The van der Waals surface area contributed by atoms with Crippen LogP contribution >= 0.6 is 11.6 Å². The predicted octanol–water partition coefficient (Wildman–Crippen LogP) is 5.71. The Hall–Kier alpha value is -2.30. The fraction of sp³-hybridized carbons (Fsp3) is 0.318. The van der Waals surface area contributed by atoms with Crippen molar-refractivity contribution in [2.75, 3.05) is 11.9 Å². The van der Waals surface area contributed by atoms with E-state index in [2.05, 4.69) is 22.1 Å². The summed E-state index contributed by atoms with van der Waals surface area (Å²) in [6.07, 6.45) is 5.53. The lowest BCUT2D eigenvalue weighted by molar-refractivity contribution is 0.151. The van der Waals surface area contributed by atoms with Crippen molar-refractivity contribution in [3.05, 3.63) is 59.2 Å². The molecule has 0 saturated carbocycles. The van der Waals surface area contributed by atoms with Crippen molar-refractivity contribution in [2.45, 2.75) is 38.8 Å². The molecular weight excluding hydrogens is 358 g/mol. The number of phenolic OH excluding ortho intramolecular Hbond substituents is 1. The van der Waals surface area contributed by atoms with Gasteiger partial charge >= 0.3 is 0 Å². The number of halogens is 1. The monoisotopic (exact) mass is 381 g/mol. The number of piperidine rings is 1. The third-order valence-electron chi connectivity index (χ3n) is 5.38. The zero-order valence-corrected chi connectivity index (χ0v) is 16.2. The third-order valence-corrected chi connectivity index (χ3v) is 5.61. The summed E-state index contributed by atoms with van der Waals surface area (Å²) in [6, 6.07) is 13.9. The van der Waals surface area contributed by atoms with Crippen molar-refractivity contribution in [3.8, 4) is 5.75 Å². The Balaban J connectivity index is 1.60. The van der Waals surface area contributed by atoms with Crippen LogP contribution in [0, 0.1) is 0 Å². The zero-order valence-electron chi connectivity index (χ0n) is 15.5. The summed E-state index contributed by atoms with van der Waals surface area (Å²) >= 11 is 6.08. The van der Waals surface area contributed by atoms with E-state index in [0.717, 1.165) is 40.9 Å². The van der Waals surface area contributed by atoms with E-state index in [0.29, 0.717) is 16.8 Å². The van der Waals surface area contributed by atoms with Crippen LogP contribution in [0.25, 0.3) is 10.9 Å². The van der Waals surface area contributed by atoms with Crippen molar-refractivity contribution >= 4 is 33.9 Å². The molecule has 1 aromatic heterocycles. The summed E-state index contributed by atoms with van der Waals surface area (Å²) in [5, 5.41) is 15.5. The number of benzene rings is 2. The van der Waals surface area contributed by atoms with Crippen LogP contribution in [0.2, 0.25) is 5.02 Å². The normalized spacial score (nSPS) is 17.9. The topological polar surface area (TPSA) is 48.4 Å². The lowest BCUT2D eigenvalue weighted by atomic mass is 10.0. The van der Waals surface area contributed by atoms with E-state index >= 15 is 0 Å². The first kappa shape index (κ1) is 18.1. The van der Waals surface area contributed by atoms with Gasteiger partial charge in [-0.05, 0) is 68.8 Å². The molecule has 2 heterocycles. The van der Waals surface area contributed by atoms with Gasteiger partial charge in [-0.15, -0.1) is 0 Å². The van der Waals surface area contributed by atoms with Crippen LogP contribution in [0.15, 0.2) is 48.7 Å². The fourth-order valence-corrected chi connectivity index (χ4v) is 3.95. The highest BCUT2D eigenvalue weighted by Crippen LogP contribution is 2.30. The highest BCUT2D eigenvalue weighted by molar-refractivity contribution is 6.31. The molecule has 1 saturated heterocycles. The average molecular weight is 382 g/mol. The van der Waals surface area contributed by atoms with Gasteiger partial charge in [-0.3, -0.25) is 9.88 Å². The predicted molar refractivity (Wildman–Crippen MR) is 112 cm³/mol. The number of nitrogens with one attached hydrogen (secondary N) is 1. The van der Waals surface area contributed by atoms with Crippen LogP contribution in [-0.4, -0.2) is 27.6 Å². The molecule has 3 aromatic rings. The number of aromatic hydroxyl groups is 1. The number of likely N-dealkylation sites (tertiary alicyclic amines) is 1. The van der Waals surface area contributed by atoms with Gasteiger partial charge in [0.25, 0.3) is 0 Å². The number of hydrogen-bond acceptors (Lipinski definition) is 4. The van der Waals surface area contributed by atoms with E-state index in [1.807, 2.05) is 36.4 Å². The van der Waals surface area contributed by atoms with Gasteiger partial charge in [0.2, 0.25) is 0 Å². The maximum Gasteiger partial charge on any atom is 0.120 e. The van der Waals surface area contributed by atoms with Gasteiger partial charge in [-0.1, -0.05) is 18.0 Å². The molecule has 1 unspecified atom stereocenters. The molecule has 27 heavy (non-hydrogen) atoms. The number of nitrogens with zero attached hydrogens (tertiary/aromatic N) is 2. The molecule has 1 fully saturated rings. The molecule has 5 heteroatoms. The molecule has 1 aliphatic heterocycles. The van der Waals surface area contributed by atoms with E-state index in [1.165, 1.54) is 19.3 Å². The number of rotatable bonds is 4. The molecule has 1 atom stereocenters. The van der Waals surface area contributed by atoms with Crippen molar-refractivity contribution in [1.82, 2.24) is 9.88 Å². The number of pyridine rings is 1. The largest absolute Gasteiger partial charge is 0.508 e. The number of hydrogen-bond donors (Lipinski definition) is 2. The summed E-state index contributed by atoms with van der Waals surface area (Å²) in [5.74, 6) is 0.352. The van der Waals surface area contributed by atoms with Crippen molar-refractivity contribution in [1.29, 1.82) is 0 Å². The first-order chi connectivity index (χ1) is 13.1. The van der Waals surface area contributed by atoms with Crippen LogP contribution in [0.4, 0.5) is 11.4 Å². The Morgan fingerprint density at radius 3 is 2.93 bits per heavy atom. The maximum absolute atomic E-state index is 10.3. The van der Waals surface area contributed by atoms with Crippen molar-refractivity contribution in [3.63, 3.8) is 0 Å². The lowest BCUT2D eigenvalue weighted by Crippen LogP contribution is -2.36. The third kappa shape index (κ3) is 4.02. The smallest absolute Gasteiger partial charge is 0.120 e. The van der Waals surface area contributed by atoms with E-state index in [4.69, 9.17) is 11.6 Å².